The van der Waals surface area contributed by atoms with Crippen LogP contribution in [0.3, 0.4) is 0 Å². The molecule has 1 unspecified atom stereocenters. The molecule has 0 saturated heterocycles. The predicted molar refractivity (Wildman–Crippen MR) is 64.9 cm³/mol. The standard InChI is InChI=1S/C12H13FN4/c1-8(9-3-2-4-10(13)5-9)17-12-6-11(14)15-7-16-12/h2-8H,1H3,(H3,14,15,16,17). The van der Waals surface area contributed by atoms with Crippen LogP contribution in [0, 0.1) is 5.82 Å². The molecule has 4 nitrogen and oxygen atoms in total. The molecule has 1 aromatic carbocycles. The van der Waals surface area contributed by atoms with Crippen molar-refractivity contribution < 1.29 is 4.39 Å². The van der Waals surface area contributed by atoms with E-state index in [9.17, 15) is 4.39 Å². The fourth-order valence-electron chi connectivity index (χ4n) is 1.53. The molecular formula is C12H13FN4. The van der Waals surface area contributed by atoms with Crippen LogP contribution in [0.25, 0.3) is 0 Å². The number of hydrogen-bond donors (Lipinski definition) is 2. The Kier molecular flexibility index (Phi) is 3.18. The van der Waals surface area contributed by atoms with Gasteiger partial charge in [0.15, 0.2) is 0 Å². The van der Waals surface area contributed by atoms with Crippen LogP contribution in [-0.4, -0.2) is 9.97 Å². The summed E-state index contributed by atoms with van der Waals surface area (Å²) in [5.41, 5.74) is 6.40. The summed E-state index contributed by atoms with van der Waals surface area (Å²) >= 11 is 0. The summed E-state index contributed by atoms with van der Waals surface area (Å²) in [6.45, 7) is 1.92. The van der Waals surface area contributed by atoms with E-state index in [1.807, 2.05) is 13.0 Å². The number of hydrogen-bond acceptors (Lipinski definition) is 4. The van der Waals surface area contributed by atoms with Gasteiger partial charge in [-0.1, -0.05) is 12.1 Å². The molecule has 0 aliphatic carbocycles. The van der Waals surface area contributed by atoms with Crippen molar-refractivity contribution in [3.05, 3.63) is 48.0 Å². The van der Waals surface area contributed by atoms with Crippen LogP contribution in [0.4, 0.5) is 16.0 Å². The number of benzene rings is 1. The van der Waals surface area contributed by atoms with Gasteiger partial charge < -0.3 is 11.1 Å². The molecule has 88 valence electrons. The zero-order valence-electron chi connectivity index (χ0n) is 9.39. The number of anilines is 2. The zero-order chi connectivity index (χ0) is 12.3. The van der Waals surface area contributed by atoms with Crippen LogP contribution in [0.5, 0.6) is 0 Å². The average molecular weight is 232 g/mol. The summed E-state index contributed by atoms with van der Waals surface area (Å²) in [7, 11) is 0. The van der Waals surface area contributed by atoms with Crippen LogP contribution in [0.15, 0.2) is 36.7 Å². The van der Waals surface area contributed by atoms with Gasteiger partial charge in [-0.05, 0) is 24.6 Å². The van der Waals surface area contributed by atoms with E-state index < -0.39 is 0 Å². The third-order valence-corrected chi connectivity index (χ3v) is 2.40. The number of nitrogen functional groups attached to an aromatic ring is 1. The predicted octanol–water partition coefficient (Wildman–Crippen LogP) is 2.37. The lowest BCUT2D eigenvalue weighted by atomic mass is 10.1. The summed E-state index contributed by atoms with van der Waals surface area (Å²) in [4.78, 5) is 7.83. The average Bonchev–Trinajstić information content (AvgIpc) is 2.29. The SMILES string of the molecule is CC(Nc1cc(N)ncn1)c1cccc(F)c1. The normalized spacial score (nSPS) is 12.1. The molecule has 0 fully saturated rings. The van der Waals surface area contributed by atoms with E-state index in [0.717, 1.165) is 5.56 Å². The second-order valence-electron chi connectivity index (χ2n) is 3.75. The summed E-state index contributed by atoms with van der Waals surface area (Å²) in [6.07, 6.45) is 1.38. The quantitative estimate of drug-likeness (QED) is 0.852. The first-order valence-corrected chi connectivity index (χ1v) is 5.24. The fraction of sp³-hybridized carbons (Fsp3) is 0.167. The summed E-state index contributed by atoms with van der Waals surface area (Å²) in [5.74, 6) is 0.765. The van der Waals surface area contributed by atoms with Crippen molar-refractivity contribution in [2.75, 3.05) is 11.1 Å². The minimum absolute atomic E-state index is 0.0556. The van der Waals surface area contributed by atoms with E-state index in [2.05, 4.69) is 15.3 Å². The van der Waals surface area contributed by atoms with Gasteiger partial charge in [0, 0.05) is 6.07 Å². The Balaban J connectivity index is 2.14. The number of nitrogens with zero attached hydrogens (tertiary/aromatic N) is 2. The molecule has 1 atom stereocenters. The van der Waals surface area contributed by atoms with E-state index in [-0.39, 0.29) is 11.9 Å². The van der Waals surface area contributed by atoms with Crippen LogP contribution < -0.4 is 11.1 Å². The number of rotatable bonds is 3. The molecule has 2 aromatic rings. The minimum Gasteiger partial charge on any atom is -0.384 e. The smallest absolute Gasteiger partial charge is 0.131 e. The summed E-state index contributed by atoms with van der Waals surface area (Å²) < 4.78 is 13.1. The number of nitrogens with two attached hydrogens (primary N) is 1. The third kappa shape index (κ3) is 2.90. The summed E-state index contributed by atoms with van der Waals surface area (Å²) in [5, 5.41) is 3.13. The maximum atomic E-state index is 13.1. The highest BCUT2D eigenvalue weighted by Crippen LogP contribution is 2.18. The molecular weight excluding hydrogens is 219 g/mol. The highest BCUT2D eigenvalue weighted by atomic mass is 19.1. The van der Waals surface area contributed by atoms with E-state index in [4.69, 9.17) is 5.73 Å². The molecule has 0 aliphatic rings. The molecule has 1 heterocycles. The Morgan fingerprint density at radius 2 is 2.12 bits per heavy atom. The minimum atomic E-state index is -0.252. The molecule has 3 N–H and O–H groups in total. The molecule has 0 aliphatic heterocycles. The first-order valence-electron chi connectivity index (χ1n) is 5.24. The first-order chi connectivity index (χ1) is 8.15. The maximum absolute atomic E-state index is 13.1. The molecule has 0 bridgehead atoms. The Morgan fingerprint density at radius 1 is 1.29 bits per heavy atom. The second kappa shape index (κ2) is 4.78. The van der Waals surface area contributed by atoms with Crippen molar-refractivity contribution in [3.63, 3.8) is 0 Å². The van der Waals surface area contributed by atoms with Gasteiger partial charge in [-0.15, -0.1) is 0 Å². The van der Waals surface area contributed by atoms with Crippen molar-refractivity contribution >= 4 is 11.6 Å². The second-order valence-corrected chi connectivity index (χ2v) is 3.75. The fourth-order valence-corrected chi connectivity index (χ4v) is 1.53. The highest BCUT2D eigenvalue weighted by molar-refractivity contribution is 5.45. The molecule has 2 rings (SSSR count). The summed E-state index contributed by atoms with van der Waals surface area (Å²) in [6, 6.07) is 8.01. The van der Waals surface area contributed by atoms with Crippen molar-refractivity contribution in [1.29, 1.82) is 0 Å². The maximum Gasteiger partial charge on any atom is 0.131 e. The lowest BCUT2D eigenvalue weighted by Crippen LogP contribution is -2.08. The largest absolute Gasteiger partial charge is 0.384 e. The van der Waals surface area contributed by atoms with E-state index in [0.29, 0.717) is 11.6 Å². The zero-order valence-corrected chi connectivity index (χ0v) is 9.39. The van der Waals surface area contributed by atoms with E-state index >= 15 is 0 Å². The van der Waals surface area contributed by atoms with Gasteiger partial charge in [-0.3, -0.25) is 0 Å². The van der Waals surface area contributed by atoms with Crippen LogP contribution in [0.1, 0.15) is 18.5 Å². The lowest BCUT2D eigenvalue weighted by molar-refractivity contribution is 0.623. The number of halogens is 1. The van der Waals surface area contributed by atoms with Gasteiger partial charge in [0.2, 0.25) is 0 Å². The molecule has 0 spiro atoms. The van der Waals surface area contributed by atoms with Crippen LogP contribution >= 0.6 is 0 Å². The van der Waals surface area contributed by atoms with Gasteiger partial charge in [0.25, 0.3) is 0 Å². The Labute approximate surface area is 98.7 Å². The molecule has 17 heavy (non-hydrogen) atoms. The molecule has 0 radical (unpaired) electrons. The first kappa shape index (κ1) is 11.3. The van der Waals surface area contributed by atoms with E-state index in [1.165, 1.54) is 18.5 Å². The van der Waals surface area contributed by atoms with Gasteiger partial charge in [-0.25, -0.2) is 14.4 Å². The van der Waals surface area contributed by atoms with Crippen molar-refractivity contribution in [2.45, 2.75) is 13.0 Å². The van der Waals surface area contributed by atoms with Gasteiger partial charge in [0.1, 0.15) is 23.8 Å². The molecule has 0 saturated carbocycles. The molecule has 1 aromatic heterocycles. The monoisotopic (exact) mass is 232 g/mol. The third-order valence-electron chi connectivity index (χ3n) is 2.40. The highest BCUT2D eigenvalue weighted by Gasteiger charge is 2.06. The van der Waals surface area contributed by atoms with E-state index in [1.54, 1.807) is 12.1 Å². The Morgan fingerprint density at radius 3 is 2.82 bits per heavy atom. The van der Waals surface area contributed by atoms with Crippen molar-refractivity contribution in [3.8, 4) is 0 Å². The molecule has 0 amide bonds. The Bertz CT molecular complexity index is 515. The van der Waals surface area contributed by atoms with Crippen molar-refractivity contribution in [2.24, 2.45) is 0 Å². The number of aromatic nitrogens is 2. The topological polar surface area (TPSA) is 63.8 Å². The molecule has 5 heteroatoms. The Hall–Kier alpha value is -2.17. The van der Waals surface area contributed by atoms with Crippen molar-refractivity contribution in [1.82, 2.24) is 9.97 Å². The van der Waals surface area contributed by atoms with Crippen LogP contribution in [0.2, 0.25) is 0 Å². The number of nitrogens with one attached hydrogen (secondary N) is 1. The van der Waals surface area contributed by atoms with Gasteiger partial charge in [0.05, 0.1) is 6.04 Å². The van der Waals surface area contributed by atoms with Crippen LogP contribution in [-0.2, 0) is 0 Å². The van der Waals surface area contributed by atoms with Gasteiger partial charge >= 0.3 is 0 Å². The lowest BCUT2D eigenvalue weighted by Gasteiger charge is -2.14. The van der Waals surface area contributed by atoms with Gasteiger partial charge in [-0.2, -0.15) is 0 Å².